The number of nitrogens with one attached hydrogen (secondary N) is 2. The maximum Gasteiger partial charge on any atom is 3.00 e. The van der Waals surface area contributed by atoms with Crippen LogP contribution in [0.3, 0.4) is 0 Å². The zero-order valence-electron chi connectivity index (χ0n) is 50.4. The van der Waals surface area contributed by atoms with Crippen molar-refractivity contribution in [2.45, 2.75) is 0 Å². The van der Waals surface area contributed by atoms with E-state index < -0.39 is 23.4 Å². The van der Waals surface area contributed by atoms with Gasteiger partial charge < -0.3 is 29.9 Å². The van der Waals surface area contributed by atoms with Crippen LogP contribution in [0.2, 0.25) is 0 Å². The van der Waals surface area contributed by atoms with E-state index in [-0.39, 0.29) is 39.0 Å². The minimum atomic E-state index is -10.7. The molecule has 0 saturated carbocycles. The second-order valence-corrected chi connectivity index (χ2v) is 25.5. The summed E-state index contributed by atoms with van der Waals surface area (Å²) in [4.78, 5) is 67.6. The largest absolute Gasteiger partial charge is 3.00 e. The summed E-state index contributed by atoms with van der Waals surface area (Å²) in [6.07, 6.45) is 13.6. The Morgan fingerprint density at radius 2 is 0.495 bits per heavy atom. The van der Waals surface area contributed by atoms with Gasteiger partial charge in [-0.2, -0.15) is 0 Å². The van der Waals surface area contributed by atoms with Crippen molar-refractivity contribution in [3.63, 3.8) is 0 Å². The van der Waals surface area contributed by atoms with E-state index >= 15 is 0 Å². The Labute approximate surface area is 583 Å². The second kappa shape index (κ2) is 30.5. The molecule has 39 heteroatoms. The first kappa shape index (κ1) is 80.0. The van der Waals surface area contributed by atoms with Crippen LogP contribution in [0.5, 0.6) is 0 Å². The number of hydrogen-bond acceptors (Lipinski definition) is 12. The third-order valence-electron chi connectivity index (χ3n) is 11.6. The van der Waals surface area contributed by atoms with Gasteiger partial charge in [0.05, 0.1) is 56.2 Å². The van der Waals surface area contributed by atoms with Crippen LogP contribution in [0, 0.1) is 0 Å². The van der Waals surface area contributed by atoms with Crippen LogP contribution in [0.4, 0.5) is 75.5 Å². The SMILES string of the molecule is F[P-](F)(F)(F)(F)F.F[P-](F)(F)(F)(F)F.F[P-](F)(F)(F)(F)F.[Ru+2].[Ru+3].c1cc(-c2nc3ccccc3[n-]2)nc(-c2nc3ccccc3[nH]2)c1.c1cc(-c2nc3ccccc3[n-]2)nc(-c2nc3ccccc3[nH]2)c1.c1ccc(-c2ccccn2)nc1.c1ccc(-c2ccccn2)nc1.c1cnccn1. The van der Waals surface area contributed by atoms with Gasteiger partial charge in [-0.25, -0.2) is 19.9 Å². The maximum absolute atomic E-state index is 10.7. The minimum Gasteiger partial charge on any atom is -0.434 e. The number of halogens is 18. The first-order valence-electron chi connectivity index (χ1n) is 27.7. The van der Waals surface area contributed by atoms with E-state index in [1.165, 1.54) is 0 Å². The number of aromatic nitrogens is 16. The number of rotatable bonds is 6. The van der Waals surface area contributed by atoms with Crippen molar-refractivity contribution in [1.82, 2.24) is 79.7 Å². The molecule has 529 valence electrons. The van der Waals surface area contributed by atoms with E-state index in [4.69, 9.17) is 0 Å². The Morgan fingerprint density at radius 1 is 0.248 bits per heavy atom. The van der Waals surface area contributed by atoms with Crippen molar-refractivity contribution in [2.75, 3.05) is 0 Å². The quantitative estimate of drug-likeness (QED) is 0.0900. The summed E-state index contributed by atoms with van der Waals surface area (Å²) in [6.45, 7) is 0. The first-order chi connectivity index (χ1) is 46.0. The number of fused-ring (bicyclic) bond motifs is 4. The molecular weight excluding hydrogens is 1610 g/mol. The van der Waals surface area contributed by atoms with Crippen LogP contribution in [0.15, 0.2) is 256 Å². The fourth-order valence-electron chi connectivity index (χ4n) is 7.88. The molecule has 0 amide bonds. The predicted octanol–water partition coefficient (Wildman–Crippen LogP) is 22.5. The zero-order chi connectivity index (χ0) is 71.8. The molecule has 0 saturated heterocycles. The number of hydrogen-bond donors (Lipinski definition) is 2. The Bertz CT molecular complexity index is 4330. The molecule has 15 rings (SSSR count). The van der Waals surface area contributed by atoms with Gasteiger partial charge in [-0.1, -0.05) is 109 Å². The molecule has 101 heavy (non-hydrogen) atoms. The van der Waals surface area contributed by atoms with E-state index in [1.54, 1.807) is 49.6 Å². The molecule has 0 bridgehead atoms. The van der Waals surface area contributed by atoms with Crippen LogP contribution in [0.1, 0.15) is 0 Å². The maximum atomic E-state index is 9.87. The van der Waals surface area contributed by atoms with Gasteiger partial charge in [0, 0.05) is 49.6 Å². The van der Waals surface area contributed by atoms with Gasteiger partial charge >= 0.3 is 138 Å². The second-order valence-electron chi connectivity index (χ2n) is 19.7. The van der Waals surface area contributed by atoms with E-state index in [1.807, 2.05) is 206 Å². The first-order valence-corrected chi connectivity index (χ1v) is 33.8. The molecule has 16 nitrogen and oxygen atoms in total. The fourth-order valence-corrected chi connectivity index (χ4v) is 7.88. The molecule has 0 spiro atoms. The number of imidazole rings is 4. The van der Waals surface area contributed by atoms with Crippen molar-refractivity contribution in [3.8, 4) is 68.8 Å². The van der Waals surface area contributed by atoms with Gasteiger partial charge in [-0.3, -0.25) is 29.9 Å². The smallest absolute Gasteiger partial charge is 0.434 e. The molecule has 2 N–H and O–H groups in total. The van der Waals surface area contributed by atoms with Crippen LogP contribution in [0.25, 0.3) is 113 Å². The monoisotopic (exact) mass is 1650 g/mol. The van der Waals surface area contributed by atoms with E-state index in [0.29, 0.717) is 11.6 Å². The van der Waals surface area contributed by atoms with Crippen LogP contribution >= 0.6 is 23.4 Å². The summed E-state index contributed by atoms with van der Waals surface area (Å²) in [5.74, 6) is 2.76. The molecule has 0 aliphatic heterocycles. The van der Waals surface area contributed by atoms with Crippen molar-refractivity contribution < 1.29 is 115 Å². The number of benzene rings is 4. The van der Waals surface area contributed by atoms with Crippen molar-refractivity contribution in [3.05, 3.63) is 256 Å². The standard InChI is InChI=1S/2C19H12N5.2C10H8N2.C4H4N2.3F6P.2Ru/c2*1-2-7-13-12(6-1)21-18(22-13)16-10-5-11-17(20-16)19-23-14-8-3-4-9-15(14)24-19;2*1-3-7-11-9(5-1)10-6-2-4-8-12-10;1-2-6-4-3-5-1;3*1-7(2,3,4,5)6;;/h2*1-11H,(H-,21,22,23,24);2*1-8H;1-4H;;;;;/q2*-1;;;;3*-1;+2;+3. The summed E-state index contributed by atoms with van der Waals surface area (Å²) in [5, 5.41) is 0. The summed E-state index contributed by atoms with van der Waals surface area (Å²) in [7, 11) is -32.0. The summed E-state index contributed by atoms with van der Waals surface area (Å²) in [5.41, 5.74) is 14.0. The summed E-state index contributed by atoms with van der Waals surface area (Å²) < 4.78 is 178. The predicted molar refractivity (Wildman–Crippen MR) is 344 cm³/mol. The fraction of sp³-hybridized carbons (Fsp3) is 0. The van der Waals surface area contributed by atoms with Crippen LogP contribution in [-0.4, -0.2) is 69.8 Å². The Kier molecular flexibility index (Phi) is 24.1. The van der Waals surface area contributed by atoms with E-state index in [0.717, 1.165) is 101 Å². The zero-order valence-corrected chi connectivity index (χ0v) is 56.5. The molecule has 15 aromatic rings. The molecule has 0 fully saturated rings. The van der Waals surface area contributed by atoms with Gasteiger partial charge in [-0.05, 0) is 131 Å². The van der Waals surface area contributed by atoms with Crippen molar-refractivity contribution in [1.29, 1.82) is 0 Å². The molecule has 4 aromatic carbocycles. The Balaban J connectivity index is 0.000000193. The molecule has 0 aliphatic carbocycles. The van der Waals surface area contributed by atoms with Gasteiger partial charge in [0.25, 0.3) is 0 Å². The van der Waals surface area contributed by atoms with Crippen molar-refractivity contribution >= 4 is 67.6 Å². The van der Waals surface area contributed by atoms with Crippen LogP contribution < -0.4 is 9.97 Å². The molecule has 0 unspecified atom stereocenters. The third-order valence-corrected chi connectivity index (χ3v) is 11.6. The average molecular weight is 1650 g/mol. The number of para-hydroxylation sites is 8. The van der Waals surface area contributed by atoms with Gasteiger partial charge in [-0.15, -0.1) is 0 Å². The van der Waals surface area contributed by atoms with Crippen LogP contribution in [-0.2, 0) is 39.0 Å². The van der Waals surface area contributed by atoms with E-state index in [2.05, 4.69) is 79.7 Å². The van der Waals surface area contributed by atoms with Gasteiger partial charge in [0.15, 0.2) is 11.6 Å². The third kappa shape index (κ3) is 31.8. The summed E-state index contributed by atoms with van der Waals surface area (Å²) >= 11 is 0. The molecular formula is C62H44F18N16P3Ru2. The van der Waals surface area contributed by atoms with Gasteiger partial charge in [0.1, 0.15) is 11.4 Å². The van der Waals surface area contributed by atoms with Crippen molar-refractivity contribution in [2.24, 2.45) is 0 Å². The molecule has 1 radical (unpaired) electrons. The summed E-state index contributed by atoms with van der Waals surface area (Å²) in [6, 6.07) is 66.3. The molecule has 11 aromatic heterocycles. The van der Waals surface area contributed by atoms with Gasteiger partial charge in [0.2, 0.25) is 0 Å². The number of H-pyrrole nitrogens is 2. The molecule has 0 aliphatic rings. The number of aromatic amines is 2. The minimum absolute atomic E-state index is 0. The topological polar surface area (TPSA) is 214 Å². The number of nitrogens with zero attached hydrogens (tertiary/aromatic N) is 14. The molecule has 11 heterocycles. The Hall–Kier alpha value is -9.98. The normalized spacial score (nSPS) is 13.0. The Morgan fingerprint density at radius 3 is 0.752 bits per heavy atom. The van der Waals surface area contributed by atoms with E-state index in [9.17, 15) is 75.5 Å². The molecule has 0 atom stereocenters. The average Bonchev–Trinajstić information content (AvgIpc) is 1.75. The number of pyridine rings is 6.